The number of hydrogen-bond acceptors (Lipinski definition) is 5. The lowest BCUT2D eigenvalue weighted by Crippen LogP contribution is -2.22. The molecule has 0 amide bonds. The Balaban J connectivity index is 1.94. The highest BCUT2D eigenvalue weighted by molar-refractivity contribution is 7.09. The standard InChI is InChI=1S/C14H20N4S/c1-3-15-14-9-16-12(8-17-14)10-18(4-2)11-13-6-5-7-19-13/h5-9H,3-4,10-11H2,1-2H3,(H,15,17). The molecule has 0 aliphatic rings. The number of rotatable bonds is 7. The van der Waals surface area contributed by atoms with Gasteiger partial charge in [0, 0.05) is 24.5 Å². The molecule has 2 aromatic rings. The molecule has 0 atom stereocenters. The van der Waals surface area contributed by atoms with Crippen LogP contribution in [0.4, 0.5) is 5.82 Å². The van der Waals surface area contributed by atoms with E-state index in [2.05, 4.69) is 51.5 Å². The molecule has 0 radical (unpaired) electrons. The third-order valence-electron chi connectivity index (χ3n) is 2.86. The van der Waals surface area contributed by atoms with Crippen molar-refractivity contribution >= 4 is 17.2 Å². The number of anilines is 1. The lowest BCUT2D eigenvalue weighted by molar-refractivity contribution is 0.270. The molecule has 0 unspecified atom stereocenters. The van der Waals surface area contributed by atoms with E-state index in [-0.39, 0.29) is 0 Å². The third kappa shape index (κ3) is 4.29. The van der Waals surface area contributed by atoms with Crippen molar-refractivity contribution in [3.63, 3.8) is 0 Å². The fourth-order valence-electron chi connectivity index (χ4n) is 1.84. The molecule has 0 saturated carbocycles. The van der Waals surface area contributed by atoms with Crippen molar-refractivity contribution in [2.24, 2.45) is 0 Å². The Morgan fingerprint density at radius 1 is 1.21 bits per heavy atom. The summed E-state index contributed by atoms with van der Waals surface area (Å²) in [5.74, 6) is 0.840. The zero-order valence-corrected chi connectivity index (χ0v) is 12.3. The highest BCUT2D eigenvalue weighted by Gasteiger charge is 2.07. The third-order valence-corrected chi connectivity index (χ3v) is 3.72. The largest absolute Gasteiger partial charge is 0.369 e. The summed E-state index contributed by atoms with van der Waals surface area (Å²) >= 11 is 1.80. The molecular formula is C14H20N4S. The Hall–Kier alpha value is -1.46. The molecule has 2 heterocycles. The lowest BCUT2D eigenvalue weighted by atomic mass is 10.3. The van der Waals surface area contributed by atoms with Crippen molar-refractivity contribution in [3.8, 4) is 0 Å². The quantitative estimate of drug-likeness (QED) is 0.844. The smallest absolute Gasteiger partial charge is 0.144 e. The number of nitrogens with one attached hydrogen (secondary N) is 1. The summed E-state index contributed by atoms with van der Waals surface area (Å²) in [4.78, 5) is 12.6. The van der Waals surface area contributed by atoms with Crippen LogP contribution in [0.25, 0.3) is 0 Å². The summed E-state index contributed by atoms with van der Waals surface area (Å²) in [6.45, 7) is 7.92. The van der Waals surface area contributed by atoms with E-state index in [0.717, 1.165) is 37.7 Å². The first-order valence-electron chi connectivity index (χ1n) is 6.61. The second kappa shape index (κ2) is 7.21. The fourth-order valence-corrected chi connectivity index (χ4v) is 2.59. The SMILES string of the molecule is CCNc1cnc(CN(CC)Cc2cccs2)cn1. The minimum atomic E-state index is 0.840. The summed E-state index contributed by atoms with van der Waals surface area (Å²) < 4.78 is 0. The normalized spacial score (nSPS) is 10.9. The molecule has 2 aromatic heterocycles. The van der Waals surface area contributed by atoms with E-state index in [1.807, 2.05) is 6.20 Å². The first-order valence-corrected chi connectivity index (χ1v) is 7.49. The van der Waals surface area contributed by atoms with Gasteiger partial charge in [-0.25, -0.2) is 4.98 Å². The van der Waals surface area contributed by atoms with Crippen LogP contribution in [0.2, 0.25) is 0 Å². The zero-order chi connectivity index (χ0) is 13.5. The van der Waals surface area contributed by atoms with E-state index in [9.17, 15) is 0 Å². The van der Waals surface area contributed by atoms with Crippen molar-refractivity contribution in [3.05, 3.63) is 40.5 Å². The maximum atomic E-state index is 4.45. The predicted molar refractivity (Wildman–Crippen MR) is 80.3 cm³/mol. The molecule has 0 fully saturated rings. The van der Waals surface area contributed by atoms with Gasteiger partial charge in [-0.2, -0.15) is 0 Å². The predicted octanol–water partition coefficient (Wildman–Crippen LogP) is 2.99. The summed E-state index contributed by atoms with van der Waals surface area (Å²) in [7, 11) is 0. The topological polar surface area (TPSA) is 41.1 Å². The molecule has 19 heavy (non-hydrogen) atoms. The minimum Gasteiger partial charge on any atom is -0.369 e. The molecule has 0 aliphatic heterocycles. The first kappa shape index (κ1) is 14.0. The Labute approximate surface area is 118 Å². The van der Waals surface area contributed by atoms with Crippen molar-refractivity contribution in [2.45, 2.75) is 26.9 Å². The molecule has 2 rings (SSSR count). The van der Waals surface area contributed by atoms with Gasteiger partial charge in [0.1, 0.15) is 5.82 Å². The van der Waals surface area contributed by atoms with Gasteiger partial charge in [0.15, 0.2) is 0 Å². The summed E-state index contributed by atoms with van der Waals surface area (Å²) in [6.07, 6.45) is 3.66. The average Bonchev–Trinajstić information content (AvgIpc) is 2.93. The van der Waals surface area contributed by atoms with Crippen LogP contribution in [0.3, 0.4) is 0 Å². The van der Waals surface area contributed by atoms with Gasteiger partial charge < -0.3 is 5.32 Å². The van der Waals surface area contributed by atoms with Gasteiger partial charge in [-0.05, 0) is 24.9 Å². The van der Waals surface area contributed by atoms with E-state index in [1.54, 1.807) is 17.5 Å². The molecule has 0 aliphatic carbocycles. The van der Waals surface area contributed by atoms with Gasteiger partial charge in [0.25, 0.3) is 0 Å². The second-order valence-corrected chi connectivity index (χ2v) is 5.34. The molecule has 0 saturated heterocycles. The van der Waals surface area contributed by atoms with Crippen LogP contribution in [0.5, 0.6) is 0 Å². The maximum Gasteiger partial charge on any atom is 0.144 e. The summed E-state index contributed by atoms with van der Waals surface area (Å²) in [6, 6.07) is 4.27. The van der Waals surface area contributed by atoms with Crippen LogP contribution in [0.1, 0.15) is 24.4 Å². The highest BCUT2D eigenvalue weighted by Crippen LogP contribution is 2.13. The van der Waals surface area contributed by atoms with Crippen molar-refractivity contribution in [2.75, 3.05) is 18.4 Å². The summed E-state index contributed by atoms with van der Waals surface area (Å²) in [5.41, 5.74) is 1.01. The number of nitrogens with zero attached hydrogens (tertiary/aromatic N) is 3. The van der Waals surface area contributed by atoms with Crippen LogP contribution < -0.4 is 5.32 Å². The monoisotopic (exact) mass is 276 g/mol. The summed E-state index contributed by atoms with van der Waals surface area (Å²) in [5, 5.41) is 5.27. The van der Waals surface area contributed by atoms with Gasteiger partial charge in [-0.3, -0.25) is 9.88 Å². The minimum absolute atomic E-state index is 0.840. The average molecular weight is 276 g/mol. The van der Waals surface area contributed by atoms with E-state index in [4.69, 9.17) is 0 Å². The van der Waals surface area contributed by atoms with E-state index in [1.165, 1.54) is 4.88 Å². The molecule has 0 aromatic carbocycles. The van der Waals surface area contributed by atoms with Crippen LogP contribution in [-0.2, 0) is 13.1 Å². The number of thiophene rings is 1. The highest BCUT2D eigenvalue weighted by atomic mass is 32.1. The van der Waals surface area contributed by atoms with Crippen molar-refractivity contribution < 1.29 is 0 Å². The Bertz CT molecular complexity index is 467. The molecular weight excluding hydrogens is 256 g/mol. The van der Waals surface area contributed by atoms with E-state index >= 15 is 0 Å². The fraction of sp³-hybridized carbons (Fsp3) is 0.429. The molecule has 5 heteroatoms. The Morgan fingerprint density at radius 2 is 2.11 bits per heavy atom. The molecule has 1 N–H and O–H groups in total. The van der Waals surface area contributed by atoms with Crippen LogP contribution in [0.15, 0.2) is 29.9 Å². The first-order chi connectivity index (χ1) is 9.31. The van der Waals surface area contributed by atoms with Gasteiger partial charge in [-0.1, -0.05) is 13.0 Å². The van der Waals surface area contributed by atoms with Crippen LogP contribution >= 0.6 is 11.3 Å². The molecule has 102 valence electrons. The van der Waals surface area contributed by atoms with Gasteiger partial charge in [0.05, 0.1) is 18.1 Å². The van der Waals surface area contributed by atoms with E-state index in [0.29, 0.717) is 0 Å². The van der Waals surface area contributed by atoms with Gasteiger partial charge in [0.2, 0.25) is 0 Å². The van der Waals surface area contributed by atoms with Crippen molar-refractivity contribution in [1.82, 2.24) is 14.9 Å². The van der Waals surface area contributed by atoms with Gasteiger partial charge >= 0.3 is 0 Å². The number of aromatic nitrogens is 2. The molecule has 4 nitrogen and oxygen atoms in total. The second-order valence-electron chi connectivity index (χ2n) is 4.31. The van der Waals surface area contributed by atoms with Crippen molar-refractivity contribution in [1.29, 1.82) is 0 Å². The Kier molecular flexibility index (Phi) is 5.30. The van der Waals surface area contributed by atoms with Gasteiger partial charge in [-0.15, -0.1) is 11.3 Å². The lowest BCUT2D eigenvalue weighted by Gasteiger charge is -2.18. The molecule has 0 bridgehead atoms. The van der Waals surface area contributed by atoms with E-state index < -0.39 is 0 Å². The Morgan fingerprint density at radius 3 is 2.68 bits per heavy atom. The molecule has 0 spiro atoms. The number of hydrogen-bond donors (Lipinski definition) is 1. The van der Waals surface area contributed by atoms with Crippen LogP contribution in [-0.4, -0.2) is 28.0 Å². The zero-order valence-electron chi connectivity index (χ0n) is 11.5. The maximum absolute atomic E-state index is 4.45. The van der Waals surface area contributed by atoms with Crippen LogP contribution in [0, 0.1) is 0 Å².